The summed E-state index contributed by atoms with van der Waals surface area (Å²) in [4.78, 5) is 7.16. The van der Waals surface area contributed by atoms with Gasteiger partial charge in [-0.25, -0.2) is 4.98 Å². The first kappa shape index (κ1) is 17.6. The summed E-state index contributed by atoms with van der Waals surface area (Å²) in [7, 11) is 2.01. The summed E-state index contributed by atoms with van der Waals surface area (Å²) in [6.07, 6.45) is 2.48. The highest BCUT2D eigenvalue weighted by atomic mass is 15.3. The molecule has 1 aliphatic heterocycles. The number of fused-ring (bicyclic) bond motifs is 1. The van der Waals surface area contributed by atoms with Crippen molar-refractivity contribution in [2.24, 2.45) is 7.05 Å². The molecule has 2 aromatic heterocycles. The highest BCUT2D eigenvalue weighted by molar-refractivity contribution is 5.94. The lowest BCUT2D eigenvalue weighted by Gasteiger charge is -2.16. The Balaban J connectivity index is 1.76. The molecule has 27 heavy (non-hydrogen) atoms. The van der Waals surface area contributed by atoms with E-state index in [0.29, 0.717) is 0 Å². The van der Waals surface area contributed by atoms with Gasteiger partial charge in [-0.15, -0.1) is 0 Å². The molecule has 4 rings (SSSR count). The summed E-state index contributed by atoms with van der Waals surface area (Å²) < 4.78 is 1.97. The predicted molar refractivity (Wildman–Crippen MR) is 114 cm³/mol. The molecule has 3 heterocycles. The summed E-state index contributed by atoms with van der Waals surface area (Å²) in [5.74, 6) is 1.94. The fraction of sp³-hybridized carbons (Fsp3) is 0.364. The van der Waals surface area contributed by atoms with Crippen molar-refractivity contribution in [2.45, 2.75) is 33.6 Å². The van der Waals surface area contributed by atoms with Gasteiger partial charge in [0.15, 0.2) is 5.82 Å². The van der Waals surface area contributed by atoms with Crippen LogP contribution in [0.3, 0.4) is 0 Å². The second-order valence-corrected chi connectivity index (χ2v) is 7.57. The lowest BCUT2D eigenvalue weighted by Crippen LogP contribution is -2.18. The monoisotopic (exact) mass is 361 g/mol. The number of aromatic nitrogens is 3. The van der Waals surface area contributed by atoms with Gasteiger partial charge in [-0.05, 0) is 69.0 Å². The predicted octanol–water partition coefficient (Wildman–Crippen LogP) is 4.96. The number of hydrogen-bond donors (Lipinski definition) is 1. The zero-order valence-electron chi connectivity index (χ0n) is 16.6. The van der Waals surface area contributed by atoms with Crippen LogP contribution in [0.2, 0.25) is 0 Å². The largest absolute Gasteiger partial charge is 0.355 e. The fourth-order valence-corrected chi connectivity index (χ4v) is 3.75. The van der Waals surface area contributed by atoms with Crippen molar-refractivity contribution in [3.8, 4) is 0 Å². The van der Waals surface area contributed by atoms with Crippen LogP contribution in [0.25, 0.3) is 16.5 Å². The molecule has 5 nitrogen and oxygen atoms in total. The summed E-state index contributed by atoms with van der Waals surface area (Å²) in [5, 5.41) is 9.48. The Morgan fingerprint density at radius 1 is 1.15 bits per heavy atom. The van der Waals surface area contributed by atoms with Gasteiger partial charge in [0.1, 0.15) is 5.82 Å². The third kappa shape index (κ3) is 3.18. The van der Waals surface area contributed by atoms with Gasteiger partial charge in [0.25, 0.3) is 0 Å². The van der Waals surface area contributed by atoms with E-state index in [2.05, 4.69) is 48.0 Å². The van der Waals surface area contributed by atoms with Crippen molar-refractivity contribution < 1.29 is 0 Å². The average Bonchev–Trinajstić information content (AvgIpc) is 3.26. The lowest BCUT2D eigenvalue weighted by atomic mass is 10.1. The van der Waals surface area contributed by atoms with Crippen molar-refractivity contribution in [3.05, 3.63) is 47.7 Å². The molecule has 0 bridgehead atoms. The molecule has 1 N–H and O–H groups in total. The van der Waals surface area contributed by atoms with E-state index >= 15 is 0 Å². The Morgan fingerprint density at radius 3 is 2.59 bits per heavy atom. The summed E-state index contributed by atoms with van der Waals surface area (Å²) in [5.41, 5.74) is 6.45. The summed E-state index contributed by atoms with van der Waals surface area (Å²) in [6, 6.07) is 8.57. The molecule has 0 radical (unpaired) electrons. The number of anilines is 3. The van der Waals surface area contributed by atoms with Crippen molar-refractivity contribution in [1.29, 1.82) is 0 Å². The number of rotatable bonds is 4. The summed E-state index contributed by atoms with van der Waals surface area (Å²) >= 11 is 0. The first-order valence-corrected chi connectivity index (χ1v) is 9.57. The number of aryl methyl sites for hydroxylation is 3. The normalized spacial score (nSPS) is 14.1. The van der Waals surface area contributed by atoms with Crippen molar-refractivity contribution in [3.63, 3.8) is 0 Å². The van der Waals surface area contributed by atoms with Gasteiger partial charge in [-0.3, -0.25) is 4.68 Å². The van der Waals surface area contributed by atoms with Crippen molar-refractivity contribution in [1.82, 2.24) is 14.8 Å². The molecule has 1 aliphatic rings. The molecule has 0 aliphatic carbocycles. The maximum absolute atomic E-state index is 4.78. The van der Waals surface area contributed by atoms with Crippen LogP contribution in [0.1, 0.15) is 36.6 Å². The smallest absolute Gasteiger partial charge is 0.158 e. The van der Waals surface area contributed by atoms with Gasteiger partial charge < -0.3 is 10.2 Å². The van der Waals surface area contributed by atoms with Gasteiger partial charge in [0.05, 0.1) is 5.52 Å². The van der Waals surface area contributed by atoms with Crippen molar-refractivity contribution in [2.75, 3.05) is 23.3 Å². The average molecular weight is 361 g/mol. The Hall–Kier alpha value is -2.82. The maximum atomic E-state index is 4.78. The molecule has 1 saturated heterocycles. The van der Waals surface area contributed by atoms with Gasteiger partial charge >= 0.3 is 0 Å². The van der Waals surface area contributed by atoms with Crippen LogP contribution in [-0.2, 0) is 7.05 Å². The number of hydrogen-bond acceptors (Lipinski definition) is 4. The van der Waals surface area contributed by atoms with Crippen LogP contribution in [0.5, 0.6) is 0 Å². The SMILES string of the molecule is C=C(C)c1cc(C)c(C)nc1Nc1ccc2c(c1)c(N1CCCC1)nn2C. The minimum absolute atomic E-state index is 0.858. The second-order valence-electron chi connectivity index (χ2n) is 7.57. The molecule has 1 aromatic carbocycles. The first-order chi connectivity index (χ1) is 12.9. The maximum Gasteiger partial charge on any atom is 0.158 e. The van der Waals surface area contributed by atoms with E-state index in [-0.39, 0.29) is 0 Å². The summed E-state index contributed by atoms with van der Waals surface area (Å²) in [6.45, 7) is 12.4. The van der Waals surface area contributed by atoms with E-state index in [1.807, 2.05) is 25.6 Å². The van der Waals surface area contributed by atoms with E-state index in [0.717, 1.165) is 52.8 Å². The number of nitrogens with one attached hydrogen (secondary N) is 1. The minimum atomic E-state index is 0.858. The fourth-order valence-electron chi connectivity index (χ4n) is 3.75. The molecule has 0 atom stereocenters. The van der Waals surface area contributed by atoms with E-state index < -0.39 is 0 Å². The Morgan fingerprint density at radius 2 is 1.89 bits per heavy atom. The minimum Gasteiger partial charge on any atom is -0.355 e. The third-order valence-corrected chi connectivity index (χ3v) is 5.43. The second kappa shape index (κ2) is 6.72. The number of benzene rings is 1. The zero-order chi connectivity index (χ0) is 19.1. The van der Waals surface area contributed by atoms with E-state index in [9.17, 15) is 0 Å². The molecule has 140 valence electrons. The Bertz CT molecular complexity index is 1020. The molecule has 0 amide bonds. The van der Waals surface area contributed by atoms with Gasteiger partial charge in [-0.1, -0.05) is 6.58 Å². The van der Waals surface area contributed by atoms with Crippen LogP contribution in [0.4, 0.5) is 17.3 Å². The van der Waals surface area contributed by atoms with Crippen LogP contribution in [-0.4, -0.2) is 27.9 Å². The van der Waals surface area contributed by atoms with E-state index in [4.69, 9.17) is 10.1 Å². The zero-order valence-corrected chi connectivity index (χ0v) is 16.6. The van der Waals surface area contributed by atoms with E-state index in [1.54, 1.807) is 0 Å². The molecule has 3 aromatic rings. The van der Waals surface area contributed by atoms with Crippen LogP contribution < -0.4 is 10.2 Å². The number of pyridine rings is 1. The molecule has 0 spiro atoms. The molecular weight excluding hydrogens is 334 g/mol. The number of allylic oxidation sites excluding steroid dienone is 1. The Labute approximate surface area is 160 Å². The molecular formula is C22H27N5. The van der Waals surface area contributed by atoms with E-state index in [1.165, 1.54) is 23.8 Å². The van der Waals surface area contributed by atoms with Gasteiger partial charge in [0.2, 0.25) is 0 Å². The topological polar surface area (TPSA) is 46.0 Å². The number of nitrogens with zero attached hydrogens (tertiary/aromatic N) is 4. The van der Waals surface area contributed by atoms with Gasteiger partial charge in [0, 0.05) is 42.5 Å². The molecule has 0 unspecified atom stereocenters. The van der Waals surface area contributed by atoms with Crippen LogP contribution >= 0.6 is 0 Å². The third-order valence-electron chi connectivity index (χ3n) is 5.43. The Kier molecular flexibility index (Phi) is 4.38. The first-order valence-electron chi connectivity index (χ1n) is 9.57. The quantitative estimate of drug-likeness (QED) is 0.713. The molecule has 0 saturated carbocycles. The molecule has 5 heteroatoms. The van der Waals surface area contributed by atoms with Gasteiger partial charge in [-0.2, -0.15) is 5.10 Å². The lowest BCUT2D eigenvalue weighted by molar-refractivity contribution is 0.779. The molecule has 1 fully saturated rings. The standard InChI is InChI=1S/C22H27N5/c1-14(2)18-12-15(3)16(4)23-21(18)24-17-8-9-20-19(13-17)22(25-26(20)5)27-10-6-7-11-27/h8-9,12-13H,1,6-7,10-11H2,2-5H3,(H,23,24). The van der Waals surface area contributed by atoms with Crippen LogP contribution in [0.15, 0.2) is 30.8 Å². The van der Waals surface area contributed by atoms with Crippen LogP contribution in [0, 0.1) is 13.8 Å². The highest BCUT2D eigenvalue weighted by Gasteiger charge is 2.19. The highest BCUT2D eigenvalue weighted by Crippen LogP contribution is 2.32. The van der Waals surface area contributed by atoms with Crippen molar-refractivity contribution >= 4 is 33.8 Å².